The molecule has 88 valence electrons. The van der Waals surface area contributed by atoms with Gasteiger partial charge in [0.25, 0.3) is 5.91 Å². The summed E-state index contributed by atoms with van der Waals surface area (Å²) in [6, 6.07) is 5.70. The molecule has 1 rings (SSSR count). The van der Waals surface area contributed by atoms with Crippen molar-refractivity contribution in [1.29, 1.82) is 0 Å². The van der Waals surface area contributed by atoms with Gasteiger partial charge in [-0.3, -0.25) is 4.79 Å². The molecule has 0 saturated heterocycles. The molecule has 0 fully saturated rings. The zero-order valence-corrected chi connectivity index (χ0v) is 12.6. The molecule has 0 aliphatic rings. The number of benzene rings is 1. The maximum atomic E-state index is 11.8. The van der Waals surface area contributed by atoms with Crippen molar-refractivity contribution in [1.82, 2.24) is 5.32 Å². The summed E-state index contributed by atoms with van der Waals surface area (Å²) in [5.74, 6) is -0.0256. The van der Waals surface area contributed by atoms with Crippen molar-refractivity contribution in [2.75, 3.05) is 6.54 Å². The molecular weight excluding hydrogens is 334 g/mol. The van der Waals surface area contributed by atoms with Crippen LogP contribution in [0.25, 0.3) is 0 Å². The number of aryl methyl sites for hydroxylation is 1. The number of rotatable bonds is 4. The minimum absolute atomic E-state index is 0.0256. The van der Waals surface area contributed by atoms with Crippen LogP contribution in [0.1, 0.15) is 29.3 Å². The Morgan fingerprint density at radius 2 is 2.12 bits per heavy atom. The van der Waals surface area contributed by atoms with Crippen LogP contribution in [-0.4, -0.2) is 17.3 Å². The monoisotopic (exact) mass is 347 g/mol. The summed E-state index contributed by atoms with van der Waals surface area (Å²) in [7, 11) is 0. The zero-order chi connectivity index (χ0) is 12.1. The number of carbonyl (C=O) groups is 1. The molecule has 0 aromatic heterocycles. The first-order valence-electron chi connectivity index (χ1n) is 5.22. The smallest absolute Gasteiger partial charge is 0.251 e. The molecule has 1 unspecified atom stereocenters. The van der Waals surface area contributed by atoms with Gasteiger partial charge in [0.05, 0.1) is 0 Å². The second-order valence-corrected chi connectivity index (χ2v) is 5.94. The van der Waals surface area contributed by atoms with E-state index in [1.54, 1.807) is 0 Å². The van der Waals surface area contributed by atoms with Crippen molar-refractivity contribution in [2.24, 2.45) is 0 Å². The summed E-state index contributed by atoms with van der Waals surface area (Å²) in [5, 5.41) is 2.90. The van der Waals surface area contributed by atoms with Crippen molar-refractivity contribution >= 4 is 37.8 Å². The van der Waals surface area contributed by atoms with E-state index in [1.165, 1.54) is 0 Å². The third-order valence-electron chi connectivity index (χ3n) is 2.23. The molecule has 2 nitrogen and oxygen atoms in total. The van der Waals surface area contributed by atoms with Gasteiger partial charge in [0.15, 0.2) is 0 Å². The van der Waals surface area contributed by atoms with Gasteiger partial charge in [-0.1, -0.05) is 38.8 Å². The molecule has 1 N–H and O–H groups in total. The molecule has 1 atom stereocenters. The fourth-order valence-corrected chi connectivity index (χ4v) is 2.09. The summed E-state index contributed by atoms with van der Waals surface area (Å²) >= 11 is 6.87. The van der Waals surface area contributed by atoms with E-state index in [0.717, 1.165) is 16.5 Å². The highest BCUT2D eigenvalue weighted by atomic mass is 79.9. The quantitative estimate of drug-likeness (QED) is 0.826. The van der Waals surface area contributed by atoms with Crippen molar-refractivity contribution in [3.8, 4) is 0 Å². The highest BCUT2D eigenvalue weighted by molar-refractivity contribution is 9.10. The Kier molecular flexibility index (Phi) is 5.49. The lowest BCUT2D eigenvalue weighted by Crippen LogP contribution is -2.29. The highest BCUT2D eigenvalue weighted by Gasteiger charge is 2.08. The first kappa shape index (κ1) is 13.7. The van der Waals surface area contributed by atoms with Crippen LogP contribution in [0, 0.1) is 6.92 Å². The van der Waals surface area contributed by atoms with E-state index in [4.69, 9.17) is 0 Å². The van der Waals surface area contributed by atoms with Crippen LogP contribution >= 0.6 is 31.9 Å². The molecular formula is C12H15Br2NO. The molecule has 4 heteroatoms. The Balaban J connectivity index is 2.66. The summed E-state index contributed by atoms with van der Waals surface area (Å²) in [4.78, 5) is 12.2. The number of nitrogens with one attached hydrogen (secondary N) is 1. The van der Waals surface area contributed by atoms with Crippen LogP contribution in [0.4, 0.5) is 0 Å². The predicted octanol–water partition coefficient (Wildman–Crippen LogP) is 3.66. The highest BCUT2D eigenvalue weighted by Crippen LogP contribution is 2.15. The van der Waals surface area contributed by atoms with E-state index in [-0.39, 0.29) is 5.91 Å². The molecule has 1 aromatic rings. The van der Waals surface area contributed by atoms with Crippen LogP contribution < -0.4 is 5.32 Å². The average molecular weight is 349 g/mol. The molecule has 0 aliphatic heterocycles. The van der Waals surface area contributed by atoms with E-state index in [1.807, 2.05) is 25.1 Å². The number of hydrogen-bond acceptors (Lipinski definition) is 1. The van der Waals surface area contributed by atoms with Crippen LogP contribution in [-0.2, 0) is 0 Å². The van der Waals surface area contributed by atoms with Gasteiger partial charge in [-0.25, -0.2) is 0 Å². The lowest BCUT2D eigenvalue weighted by molar-refractivity contribution is 0.0953. The number of halogens is 2. The van der Waals surface area contributed by atoms with Gasteiger partial charge in [0.1, 0.15) is 0 Å². The lowest BCUT2D eigenvalue weighted by atomic mass is 10.1. The van der Waals surface area contributed by atoms with Crippen molar-refractivity contribution in [2.45, 2.75) is 25.1 Å². The molecule has 0 saturated carbocycles. The van der Waals surface area contributed by atoms with Gasteiger partial charge in [-0.2, -0.15) is 0 Å². The van der Waals surface area contributed by atoms with Crippen molar-refractivity contribution < 1.29 is 4.79 Å². The van der Waals surface area contributed by atoms with E-state index in [9.17, 15) is 4.79 Å². The summed E-state index contributed by atoms with van der Waals surface area (Å²) in [5.41, 5.74) is 1.77. The average Bonchev–Trinajstić information content (AvgIpc) is 2.23. The van der Waals surface area contributed by atoms with Crippen molar-refractivity contribution in [3.63, 3.8) is 0 Å². The Bertz CT molecular complexity index is 359. The van der Waals surface area contributed by atoms with Gasteiger partial charge in [-0.15, -0.1) is 0 Å². The van der Waals surface area contributed by atoms with Crippen molar-refractivity contribution in [3.05, 3.63) is 33.8 Å². The number of hydrogen-bond donors (Lipinski definition) is 1. The summed E-state index contributed by atoms with van der Waals surface area (Å²) in [6.45, 7) is 4.70. The molecule has 1 amide bonds. The SMILES string of the molecule is CCC(Br)CNC(=O)c1cc(C)cc(Br)c1. The lowest BCUT2D eigenvalue weighted by Gasteiger charge is -2.09. The normalized spacial score (nSPS) is 12.2. The third-order valence-corrected chi connectivity index (χ3v) is 3.66. The van der Waals surface area contributed by atoms with Crippen LogP contribution in [0.3, 0.4) is 0 Å². The largest absolute Gasteiger partial charge is 0.351 e. The third kappa shape index (κ3) is 4.26. The molecule has 0 radical (unpaired) electrons. The maximum Gasteiger partial charge on any atom is 0.251 e. The fourth-order valence-electron chi connectivity index (χ4n) is 1.32. The zero-order valence-electron chi connectivity index (χ0n) is 9.39. The molecule has 0 aliphatic carbocycles. The summed E-state index contributed by atoms with van der Waals surface area (Å²) in [6.07, 6.45) is 0.998. The topological polar surface area (TPSA) is 29.1 Å². The Morgan fingerprint density at radius 1 is 1.44 bits per heavy atom. The first-order valence-corrected chi connectivity index (χ1v) is 6.93. The Hall–Kier alpha value is -0.350. The van der Waals surface area contributed by atoms with Gasteiger partial charge < -0.3 is 5.32 Å². The molecule has 0 heterocycles. The van der Waals surface area contributed by atoms with Gasteiger partial charge in [0.2, 0.25) is 0 Å². The minimum atomic E-state index is -0.0256. The fraction of sp³-hybridized carbons (Fsp3) is 0.417. The van der Waals surface area contributed by atoms with Gasteiger partial charge in [-0.05, 0) is 37.1 Å². The first-order chi connectivity index (χ1) is 7.52. The maximum absolute atomic E-state index is 11.8. The molecule has 16 heavy (non-hydrogen) atoms. The molecule has 0 spiro atoms. The summed E-state index contributed by atoms with van der Waals surface area (Å²) < 4.78 is 0.934. The Morgan fingerprint density at radius 3 is 2.69 bits per heavy atom. The molecule has 0 bridgehead atoms. The predicted molar refractivity (Wildman–Crippen MR) is 74.2 cm³/mol. The Labute approximate surface area is 113 Å². The van der Waals surface area contributed by atoms with Gasteiger partial charge in [0, 0.05) is 21.4 Å². The second kappa shape index (κ2) is 6.40. The second-order valence-electron chi connectivity index (χ2n) is 3.73. The van der Waals surface area contributed by atoms with E-state index >= 15 is 0 Å². The minimum Gasteiger partial charge on any atom is -0.351 e. The van der Waals surface area contributed by atoms with Crippen LogP contribution in [0.2, 0.25) is 0 Å². The van der Waals surface area contributed by atoms with Crippen LogP contribution in [0.5, 0.6) is 0 Å². The van der Waals surface area contributed by atoms with Crippen LogP contribution in [0.15, 0.2) is 22.7 Å². The number of alkyl halides is 1. The van der Waals surface area contributed by atoms with E-state index in [0.29, 0.717) is 16.9 Å². The van der Waals surface area contributed by atoms with E-state index < -0.39 is 0 Å². The standard InChI is InChI=1S/C12H15Br2NO/c1-3-10(13)7-15-12(16)9-4-8(2)5-11(14)6-9/h4-6,10H,3,7H2,1-2H3,(H,15,16). The van der Waals surface area contributed by atoms with E-state index in [2.05, 4.69) is 44.1 Å². The number of amides is 1. The van der Waals surface area contributed by atoms with Gasteiger partial charge >= 0.3 is 0 Å². The number of carbonyl (C=O) groups excluding carboxylic acids is 1. The molecule has 1 aromatic carbocycles.